The SMILES string of the molecule is O=C(NCC#CC(=O)N1CC2CC2C1)C(=O)NCc1ccccc1C(=O)NC1(c2ccc3ccccc3c2)CC1. The molecule has 8 heteroatoms. The van der Waals surface area contributed by atoms with Gasteiger partial charge in [0.25, 0.3) is 11.8 Å². The molecule has 0 radical (unpaired) electrons. The topological polar surface area (TPSA) is 108 Å². The summed E-state index contributed by atoms with van der Waals surface area (Å²) in [6.45, 7) is 1.43. The Labute approximate surface area is 232 Å². The number of benzene rings is 3. The summed E-state index contributed by atoms with van der Waals surface area (Å²) >= 11 is 0. The third-order valence-electron chi connectivity index (χ3n) is 8.11. The smallest absolute Gasteiger partial charge is 0.310 e. The van der Waals surface area contributed by atoms with Crippen molar-refractivity contribution in [1.29, 1.82) is 0 Å². The first-order valence-corrected chi connectivity index (χ1v) is 13.7. The number of carbonyl (C=O) groups is 4. The first kappa shape index (κ1) is 25.6. The maximum absolute atomic E-state index is 13.3. The fourth-order valence-corrected chi connectivity index (χ4v) is 5.50. The molecule has 0 aromatic heterocycles. The van der Waals surface area contributed by atoms with Crippen LogP contribution in [0.2, 0.25) is 0 Å². The number of carbonyl (C=O) groups excluding carboxylic acids is 4. The number of piperidine rings is 1. The summed E-state index contributed by atoms with van der Waals surface area (Å²) in [5.41, 5.74) is 1.71. The predicted molar refractivity (Wildman–Crippen MR) is 150 cm³/mol. The van der Waals surface area contributed by atoms with Crippen molar-refractivity contribution in [2.24, 2.45) is 11.8 Å². The van der Waals surface area contributed by atoms with Gasteiger partial charge in [-0.1, -0.05) is 60.5 Å². The zero-order valence-corrected chi connectivity index (χ0v) is 22.0. The monoisotopic (exact) mass is 534 g/mol. The molecular weight excluding hydrogens is 504 g/mol. The summed E-state index contributed by atoms with van der Waals surface area (Å²) in [5, 5.41) is 10.5. The molecule has 40 heavy (non-hydrogen) atoms. The molecule has 1 heterocycles. The highest BCUT2D eigenvalue weighted by molar-refractivity contribution is 6.35. The van der Waals surface area contributed by atoms with Crippen molar-refractivity contribution in [3.63, 3.8) is 0 Å². The molecule has 2 aliphatic carbocycles. The molecule has 0 spiro atoms. The molecule has 202 valence electrons. The van der Waals surface area contributed by atoms with E-state index in [1.54, 1.807) is 29.2 Å². The van der Waals surface area contributed by atoms with Gasteiger partial charge >= 0.3 is 11.8 Å². The van der Waals surface area contributed by atoms with Gasteiger partial charge in [0.2, 0.25) is 0 Å². The van der Waals surface area contributed by atoms with E-state index in [0.717, 1.165) is 42.3 Å². The van der Waals surface area contributed by atoms with Crippen molar-refractivity contribution in [3.8, 4) is 11.8 Å². The molecule has 6 rings (SSSR count). The summed E-state index contributed by atoms with van der Waals surface area (Å²) in [4.78, 5) is 51.7. The quantitative estimate of drug-likeness (QED) is 0.334. The summed E-state index contributed by atoms with van der Waals surface area (Å²) in [5.74, 6) is 4.26. The van der Waals surface area contributed by atoms with Crippen LogP contribution < -0.4 is 16.0 Å². The highest BCUT2D eigenvalue weighted by Gasteiger charge is 2.47. The normalized spacial score (nSPS) is 19.6. The second-order valence-electron chi connectivity index (χ2n) is 10.9. The third kappa shape index (κ3) is 5.41. The second-order valence-corrected chi connectivity index (χ2v) is 10.9. The molecule has 1 saturated heterocycles. The van der Waals surface area contributed by atoms with Gasteiger partial charge in [-0.15, -0.1) is 0 Å². The van der Waals surface area contributed by atoms with Crippen molar-refractivity contribution in [3.05, 3.63) is 83.4 Å². The average Bonchev–Trinajstić information content (AvgIpc) is 3.90. The van der Waals surface area contributed by atoms with Gasteiger partial charge in [0.05, 0.1) is 12.1 Å². The van der Waals surface area contributed by atoms with Gasteiger partial charge in [-0.05, 0) is 71.1 Å². The molecule has 3 aromatic carbocycles. The lowest BCUT2D eigenvalue weighted by atomic mass is 9.99. The van der Waals surface area contributed by atoms with Crippen LogP contribution in [0.1, 0.15) is 40.7 Å². The van der Waals surface area contributed by atoms with Crippen LogP contribution in [-0.2, 0) is 26.5 Å². The Morgan fingerprint density at radius 1 is 0.850 bits per heavy atom. The van der Waals surface area contributed by atoms with Gasteiger partial charge in [0.15, 0.2) is 0 Å². The van der Waals surface area contributed by atoms with E-state index in [2.05, 4.69) is 58.1 Å². The molecule has 3 aromatic rings. The maximum atomic E-state index is 13.3. The Bertz CT molecular complexity index is 1570. The lowest BCUT2D eigenvalue weighted by Crippen LogP contribution is -2.40. The van der Waals surface area contributed by atoms with Crippen molar-refractivity contribution in [1.82, 2.24) is 20.9 Å². The molecule has 3 aliphatic rings. The van der Waals surface area contributed by atoms with E-state index in [9.17, 15) is 19.2 Å². The van der Waals surface area contributed by atoms with Gasteiger partial charge in [-0.3, -0.25) is 19.2 Å². The predicted octanol–water partition coefficient (Wildman–Crippen LogP) is 2.47. The van der Waals surface area contributed by atoms with Crippen LogP contribution >= 0.6 is 0 Å². The molecule has 3 N–H and O–H groups in total. The van der Waals surface area contributed by atoms with Crippen LogP contribution in [0.3, 0.4) is 0 Å². The molecule has 0 bridgehead atoms. The van der Waals surface area contributed by atoms with Crippen molar-refractivity contribution >= 4 is 34.4 Å². The molecule has 2 atom stereocenters. The lowest BCUT2D eigenvalue weighted by molar-refractivity contribution is -0.139. The summed E-state index contributed by atoms with van der Waals surface area (Å²) in [7, 11) is 0. The fourth-order valence-electron chi connectivity index (χ4n) is 5.50. The Morgan fingerprint density at radius 3 is 2.33 bits per heavy atom. The number of hydrogen-bond donors (Lipinski definition) is 3. The third-order valence-corrected chi connectivity index (χ3v) is 8.11. The molecular formula is C32H30N4O4. The van der Waals surface area contributed by atoms with Crippen LogP contribution in [0.4, 0.5) is 0 Å². The van der Waals surface area contributed by atoms with Gasteiger partial charge in [0.1, 0.15) is 0 Å². The summed E-state index contributed by atoms with van der Waals surface area (Å²) in [6.07, 6.45) is 2.90. The Balaban J connectivity index is 1.02. The Morgan fingerprint density at radius 2 is 1.55 bits per heavy atom. The van der Waals surface area contributed by atoms with Gasteiger partial charge in [-0.25, -0.2) is 0 Å². The number of rotatable bonds is 6. The van der Waals surface area contributed by atoms with Crippen molar-refractivity contribution in [2.45, 2.75) is 31.3 Å². The van der Waals surface area contributed by atoms with E-state index in [1.807, 2.05) is 12.1 Å². The standard InChI is InChI=1S/C32H30N4O4/c37-28(36-19-24-16-25(24)20-36)10-5-15-33-30(39)31(40)34-18-23-8-3-4-9-27(23)29(38)35-32(13-14-32)26-12-11-21-6-1-2-7-22(21)17-26/h1-4,6-9,11-12,17,24-25H,13-16,18-20H2,(H,33,39)(H,34,40)(H,35,38). The lowest BCUT2D eigenvalue weighted by Gasteiger charge is -2.20. The van der Waals surface area contributed by atoms with E-state index in [-0.39, 0.29) is 24.9 Å². The van der Waals surface area contributed by atoms with E-state index in [4.69, 9.17) is 0 Å². The van der Waals surface area contributed by atoms with Crippen LogP contribution in [0.5, 0.6) is 0 Å². The highest BCUT2D eigenvalue weighted by Crippen LogP contribution is 2.46. The first-order chi connectivity index (χ1) is 19.4. The van der Waals surface area contributed by atoms with Crippen LogP contribution in [-0.4, -0.2) is 48.2 Å². The summed E-state index contributed by atoms with van der Waals surface area (Å²) < 4.78 is 0. The molecule has 3 fully saturated rings. The average molecular weight is 535 g/mol. The molecule has 2 unspecified atom stereocenters. The zero-order valence-electron chi connectivity index (χ0n) is 22.0. The van der Waals surface area contributed by atoms with E-state index in [0.29, 0.717) is 23.0 Å². The van der Waals surface area contributed by atoms with Gasteiger partial charge < -0.3 is 20.9 Å². The number of hydrogen-bond acceptors (Lipinski definition) is 4. The first-order valence-electron chi connectivity index (χ1n) is 13.7. The minimum atomic E-state index is -0.848. The van der Waals surface area contributed by atoms with Crippen molar-refractivity contribution < 1.29 is 19.2 Å². The molecule has 1 aliphatic heterocycles. The number of nitrogens with one attached hydrogen (secondary N) is 3. The van der Waals surface area contributed by atoms with Crippen LogP contribution in [0.15, 0.2) is 66.7 Å². The van der Waals surface area contributed by atoms with Gasteiger partial charge in [-0.2, -0.15) is 0 Å². The van der Waals surface area contributed by atoms with Crippen molar-refractivity contribution in [2.75, 3.05) is 19.6 Å². The number of fused-ring (bicyclic) bond motifs is 2. The maximum Gasteiger partial charge on any atom is 0.310 e. The minimum absolute atomic E-state index is 0.0142. The Hall–Kier alpha value is -4.64. The van der Waals surface area contributed by atoms with E-state index in [1.165, 1.54) is 6.42 Å². The van der Waals surface area contributed by atoms with Gasteiger partial charge in [0, 0.05) is 25.2 Å². The highest BCUT2D eigenvalue weighted by atomic mass is 16.2. The number of likely N-dealkylation sites (tertiary alicyclic amines) is 1. The minimum Gasteiger partial charge on any atom is -0.344 e. The molecule has 2 saturated carbocycles. The van der Waals surface area contributed by atoms with Crippen LogP contribution in [0, 0.1) is 23.7 Å². The second kappa shape index (κ2) is 10.5. The summed E-state index contributed by atoms with van der Waals surface area (Å²) in [6, 6.07) is 21.4. The largest absolute Gasteiger partial charge is 0.344 e. The number of amides is 4. The van der Waals surface area contributed by atoms with E-state index >= 15 is 0 Å². The molecule has 4 amide bonds. The Kier molecular flexibility index (Phi) is 6.72. The fraction of sp³-hybridized carbons (Fsp3) is 0.312. The number of nitrogens with zero attached hydrogens (tertiary/aromatic N) is 1. The van der Waals surface area contributed by atoms with Crippen LogP contribution in [0.25, 0.3) is 10.8 Å². The molecule has 8 nitrogen and oxygen atoms in total. The zero-order chi connectivity index (χ0) is 27.7. The van der Waals surface area contributed by atoms with E-state index < -0.39 is 17.4 Å².